The number of aliphatic hydroxyl groups excluding tert-OH is 4. The minimum absolute atomic E-state index is 0.00237. The number of carbonyl (C=O) groups excluding carboxylic acids is 7. The molecule has 0 radical (unpaired) electrons. The van der Waals surface area contributed by atoms with Gasteiger partial charge in [-0.1, -0.05) is 106 Å². The number of carbonyl (C=O) groups is 7. The van der Waals surface area contributed by atoms with Gasteiger partial charge in [0.1, 0.15) is 54.0 Å². The quantitative estimate of drug-likeness (QED) is 0.0362. The number of H-pyrrole nitrogens is 1. The van der Waals surface area contributed by atoms with Crippen LogP contribution in [0.5, 0.6) is 0 Å². The monoisotopic (exact) mass is 1440 g/mol. The molecule has 102 heavy (non-hydrogen) atoms. The summed E-state index contributed by atoms with van der Waals surface area (Å²) in [5.74, 6) is -5.52. The molecule has 11 atom stereocenters. The lowest BCUT2D eigenvalue weighted by Crippen LogP contribution is -2.62. The number of para-hydroxylation sites is 1. The third kappa shape index (κ3) is 21.0. The third-order valence-electron chi connectivity index (χ3n) is 18.6. The molecular weight excluding hydrogens is 1350 g/mol. The summed E-state index contributed by atoms with van der Waals surface area (Å²) in [6.07, 6.45) is 3.22. The maximum Gasteiger partial charge on any atom is 0.257 e. The number of rotatable bonds is 21. The Labute approximate surface area is 597 Å². The van der Waals surface area contributed by atoms with Crippen molar-refractivity contribution in [3.63, 3.8) is 0 Å². The van der Waals surface area contributed by atoms with Gasteiger partial charge >= 0.3 is 0 Å². The molecular formula is C72H93FN14O13S2. The molecule has 27 nitrogen and oxygen atoms in total. The molecule has 0 saturated carbocycles. The number of aromatic amines is 1. The molecule has 30 heteroatoms. The van der Waals surface area contributed by atoms with Gasteiger partial charge in [-0.25, -0.2) is 9.37 Å². The van der Waals surface area contributed by atoms with Gasteiger partial charge in [0.25, 0.3) is 5.56 Å². The molecule has 3 aromatic heterocycles. The van der Waals surface area contributed by atoms with Crippen LogP contribution < -0.4 is 54.2 Å². The van der Waals surface area contributed by atoms with Crippen molar-refractivity contribution in [1.82, 2.24) is 61.8 Å². The molecule has 3 aliphatic rings. The van der Waals surface area contributed by atoms with E-state index >= 15 is 0 Å². The van der Waals surface area contributed by atoms with E-state index in [1.165, 1.54) is 26.0 Å². The average molecular weight is 1450 g/mol. The molecule has 16 N–H and O–H groups in total. The van der Waals surface area contributed by atoms with Gasteiger partial charge in [-0.3, -0.25) is 42.9 Å². The molecule has 0 aliphatic carbocycles. The first kappa shape index (κ1) is 77.6. The maximum atomic E-state index is 14.7. The van der Waals surface area contributed by atoms with E-state index in [0.717, 1.165) is 99.3 Å². The minimum Gasteiger partial charge on any atom is -0.394 e. The van der Waals surface area contributed by atoms with Crippen LogP contribution in [0.1, 0.15) is 110 Å². The Morgan fingerprint density at radius 1 is 0.765 bits per heavy atom. The summed E-state index contributed by atoms with van der Waals surface area (Å²) in [5, 5.41) is 65.8. The maximum absolute atomic E-state index is 14.7. The highest BCUT2D eigenvalue weighted by molar-refractivity contribution is 8.76. The highest BCUT2D eigenvalue weighted by atomic mass is 33.1. The number of nitrogens with one attached hydrogen (secondary N) is 8. The van der Waals surface area contributed by atoms with E-state index in [1.807, 2.05) is 37.3 Å². The first-order valence-corrected chi connectivity index (χ1v) is 37.1. The molecule has 6 heterocycles. The van der Waals surface area contributed by atoms with Gasteiger partial charge in [0.05, 0.1) is 36.6 Å². The summed E-state index contributed by atoms with van der Waals surface area (Å²) >= 11 is 0. The zero-order chi connectivity index (χ0) is 73.0. The molecule has 2 saturated heterocycles. The molecule has 4 aromatic carbocycles. The lowest BCUT2D eigenvalue weighted by molar-refractivity contribution is -0.136. The normalized spacial score (nSPS) is 22.1. The smallest absolute Gasteiger partial charge is 0.257 e. The number of hydrogen-bond acceptors (Lipinski definition) is 20. The number of aliphatic hydroxyl groups is 4. The van der Waals surface area contributed by atoms with Crippen molar-refractivity contribution in [3.05, 3.63) is 165 Å². The van der Waals surface area contributed by atoms with Crippen molar-refractivity contribution in [3.8, 4) is 0 Å². The van der Waals surface area contributed by atoms with Gasteiger partial charge in [0.15, 0.2) is 5.58 Å². The van der Waals surface area contributed by atoms with Crippen molar-refractivity contribution in [2.45, 2.75) is 171 Å². The van der Waals surface area contributed by atoms with Crippen LogP contribution >= 0.6 is 21.6 Å². The molecule has 0 bridgehead atoms. The van der Waals surface area contributed by atoms with Gasteiger partial charge in [0, 0.05) is 83.2 Å². The Kier molecular flexibility index (Phi) is 28.6. The van der Waals surface area contributed by atoms with E-state index in [0.29, 0.717) is 60.7 Å². The van der Waals surface area contributed by atoms with Crippen LogP contribution in [0.2, 0.25) is 0 Å². The van der Waals surface area contributed by atoms with Crippen LogP contribution in [0.4, 0.5) is 4.39 Å². The van der Waals surface area contributed by atoms with Gasteiger partial charge in [0.2, 0.25) is 41.4 Å². The summed E-state index contributed by atoms with van der Waals surface area (Å²) in [6, 6.07) is 19.2. The van der Waals surface area contributed by atoms with Crippen LogP contribution in [0, 0.1) is 12.7 Å². The van der Waals surface area contributed by atoms with Crippen molar-refractivity contribution >= 4 is 84.8 Å². The lowest BCUT2D eigenvalue weighted by Gasteiger charge is -2.31. The number of nitrogens with zero attached hydrogens (tertiary/aromatic N) is 4. The van der Waals surface area contributed by atoms with Crippen LogP contribution in [0.3, 0.4) is 0 Å². The van der Waals surface area contributed by atoms with Gasteiger partial charge in [-0.2, -0.15) is 0 Å². The largest absolute Gasteiger partial charge is 0.394 e. The summed E-state index contributed by atoms with van der Waals surface area (Å²) in [5.41, 5.74) is 17.9. The summed E-state index contributed by atoms with van der Waals surface area (Å²) in [6.45, 7) is 7.35. The SMILES string of the molecule is CC(O)[C@@H]1NC(=O)[C@H](CCCCN)NC(=O)[C@@H](Cc2c[nH]c3ccccc23)NC(=O)[C@H](Cc2ccccc2)NC(=O)[C@@H](NC(=O)[C@H](N)Cc2ccccc2)CSSC[C@@H](C(=O)N[C@H](CO)[C@@H](C)O)NC1=O.Cc1nc2n(c(=O)c1CCN1CCC(c3noc4cc(F)ccc34)CC1)CCC[C@H]2O. The lowest BCUT2D eigenvalue weighted by atomic mass is 9.91. The van der Waals surface area contributed by atoms with Crippen LogP contribution in [-0.4, -0.2) is 191 Å². The first-order chi connectivity index (χ1) is 49.1. The predicted octanol–water partition coefficient (Wildman–Crippen LogP) is 2.28. The Hall–Kier alpha value is -8.59. The molecule has 7 amide bonds. The molecule has 7 aromatic rings. The Morgan fingerprint density at radius 2 is 1.42 bits per heavy atom. The van der Waals surface area contributed by atoms with E-state index in [1.54, 1.807) is 71.4 Å². The molecule has 2 fully saturated rings. The Bertz CT molecular complexity index is 4040. The zero-order valence-electron chi connectivity index (χ0n) is 57.4. The molecule has 548 valence electrons. The van der Waals surface area contributed by atoms with Crippen molar-refractivity contribution < 1.29 is 62.9 Å². The van der Waals surface area contributed by atoms with Crippen LogP contribution in [0.25, 0.3) is 21.9 Å². The topological polar surface area (TPSA) is 417 Å². The second kappa shape index (κ2) is 37.5. The van der Waals surface area contributed by atoms with E-state index in [4.69, 9.17) is 16.0 Å². The van der Waals surface area contributed by atoms with Gasteiger partial charge in [-0.05, 0) is 133 Å². The van der Waals surface area contributed by atoms with Crippen LogP contribution in [0.15, 0.2) is 119 Å². The number of amides is 7. The minimum atomic E-state index is -1.66. The fourth-order valence-electron chi connectivity index (χ4n) is 12.7. The van der Waals surface area contributed by atoms with E-state index in [9.17, 15) is 63.2 Å². The Balaban J connectivity index is 0.000000320. The van der Waals surface area contributed by atoms with Gasteiger partial charge in [-0.15, -0.1) is 0 Å². The second-order valence-electron chi connectivity index (χ2n) is 26.2. The Morgan fingerprint density at radius 3 is 2.12 bits per heavy atom. The summed E-state index contributed by atoms with van der Waals surface area (Å²) < 4.78 is 20.4. The van der Waals surface area contributed by atoms with Gasteiger partial charge < -0.3 is 83.5 Å². The number of benzene rings is 4. The highest BCUT2D eigenvalue weighted by Gasteiger charge is 2.37. The number of halogens is 1. The second-order valence-corrected chi connectivity index (χ2v) is 28.7. The summed E-state index contributed by atoms with van der Waals surface area (Å²) in [4.78, 5) is 123. The number of aryl methyl sites for hydroxylation is 1. The number of hydrogen-bond donors (Lipinski definition) is 14. The fraction of sp³-hybridized carbons (Fsp3) is 0.472. The van der Waals surface area contributed by atoms with E-state index in [2.05, 4.69) is 57.2 Å². The zero-order valence-corrected chi connectivity index (χ0v) is 59.0. The molecule has 10 rings (SSSR count). The fourth-order valence-corrected chi connectivity index (χ4v) is 15.0. The average Bonchev–Trinajstić information content (AvgIpc) is 0.884. The first-order valence-electron chi connectivity index (χ1n) is 34.6. The van der Waals surface area contributed by atoms with E-state index < -0.39 is 115 Å². The third-order valence-corrected chi connectivity index (χ3v) is 21.0. The highest BCUT2D eigenvalue weighted by Crippen LogP contribution is 2.33. The number of aromatic nitrogens is 4. The number of fused-ring (bicyclic) bond motifs is 3. The molecule has 1 unspecified atom stereocenters. The number of piperidine rings is 1. The van der Waals surface area contributed by atoms with E-state index in [-0.39, 0.29) is 55.1 Å². The van der Waals surface area contributed by atoms with Crippen molar-refractivity contribution in [2.24, 2.45) is 11.5 Å². The van der Waals surface area contributed by atoms with Crippen LogP contribution in [-0.2, 0) is 65.8 Å². The van der Waals surface area contributed by atoms with Crippen molar-refractivity contribution in [1.29, 1.82) is 0 Å². The summed E-state index contributed by atoms with van der Waals surface area (Å²) in [7, 11) is 2.06. The standard InChI is InChI=1S/C49H66N10O10S2.C23H27FN4O3/c1-28(61)39(25-60)56-48(68)41-27-71-70-26-40(57-43(63)34(51)21-30-13-5-3-6-14-30)47(67)54-37(22-31-15-7-4-8-16-31)45(65)55-38(23-32-24-52-35-18-10-9-17-33(32)35)46(66)53-36(19-11-12-20-50)44(64)59-42(29(2)62)49(69)58-41;1-14-17(23(30)28-9-2-3-19(29)22(28)25-14)8-12-27-10-6-15(7-11-27)21-18-5-4-16(24)13-20(18)31-26-21/h3-10,13-18,24,28-29,34,36-42,52,60-62H,11-12,19-23,25-27,50-51H2,1-2H3,(H,53,66)(H,54,67)(H,55,65)(H,56,68)(H,57,63)(H,58,69)(H,59,64);4-5,13,15,19,29H,2-3,6-12H2,1H3/t28-,29?,34-,36+,37+,38-,39-,40+,41+,42+;19-/m11/s1. The number of unbranched alkanes of at least 4 members (excludes halogenated alkanes) is 1. The number of nitrogens with two attached hydrogens (primary N) is 2. The molecule has 0 spiro atoms. The predicted molar refractivity (Wildman–Crippen MR) is 386 cm³/mol. The molecule has 3 aliphatic heterocycles. The number of likely N-dealkylation sites (tertiary alicyclic amines) is 1. The van der Waals surface area contributed by atoms with Crippen molar-refractivity contribution in [2.75, 3.05) is 44.3 Å².